The summed E-state index contributed by atoms with van der Waals surface area (Å²) in [5.74, 6) is 1.78. The molecule has 1 fully saturated rings. The minimum Gasteiger partial charge on any atom is -0.494 e. The van der Waals surface area contributed by atoms with Crippen LogP contribution < -0.4 is 10.1 Å². The molecule has 0 aliphatic carbocycles. The highest BCUT2D eigenvalue weighted by Crippen LogP contribution is 2.39. The first-order valence-corrected chi connectivity index (χ1v) is 10.8. The molecule has 1 aromatic heterocycles. The first kappa shape index (κ1) is 20.1. The van der Waals surface area contributed by atoms with Crippen LogP contribution in [0.3, 0.4) is 0 Å². The Balaban J connectivity index is 1.45. The van der Waals surface area contributed by atoms with E-state index < -0.39 is 0 Å². The highest BCUT2D eigenvalue weighted by molar-refractivity contribution is 8.00. The normalized spacial score (nSPS) is 16.0. The van der Waals surface area contributed by atoms with Crippen molar-refractivity contribution in [3.05, 3.63) is 83.8 Å². The molecule has 1 N–H and O–H groups in total. The van der Waals surface area contributed by atoms with E-state index in [9.17, 15) is 9.59 Å². The summed E-state index contributed by atoms with van der Waals surface area (Å²) < 4.78 is 10.9. The molecule has 3 aromatic rings. The van der Waals surface area contributed by atoms with Crippen LogP contribution >= 0.6 is 11.8 Å². The van der Waals surface area contributed by atoms with Crippen LogP contribution in [0.25, 0.3) is 0 Å². The van der Waals surface area contributed by atoms with Gasteiger partial charge in [0, 0.05) is 17.3 Å². The quantitative estimate of drug-likeness (QED) is 0.597. The maximum atomic E-state index is 12.6. The van der Waals surface area contributed by atoms with Crippen molar-refractivity contribution >= 4 is 29.3 Å². The van der Waals surface area contributed by atoms with Gasteiger partial charge in [-0.25, -0.2) is 0 Å². The lowest BCUT2D eigenvalue weighted by atomic mass is 10.1. The fraction of sp³-hybridized carbons (Fsp3) is 0.217. The Morgan fingerprint density at radius 2 is 2.03 bits per heavy atom. The molecule has 1 aliphatic heterocycles. The first-order chi connectivity index (χ1) is 14.6. The second-order valence-electron chi connectivity index (χ2n) is 6.80. The molecule has 0 saturated carbocycles. The molecule has 0 unspecified atom stereocenters. The minimum absolute atomic E-state index is 0.0809. The molecular formula is C23H22N2O4S. The van der Waals surface area contributed by atoms with Gasteiger partial charge in [-0.1, -0.05) is 18.2 Å². The molecule has 6 nitrogen and oxygen atoms in total. The van der Waals surface area contributed by atoms with Crippen molar-refractivity contribution in [3.63, 3.8) is 0 Å². The average Bonchev–Trinajstić information content (AvgIpc) is 3.39. The predicted molar refractivity (Wildman–Crippen MR) is 116 cm³/mol. The number of carbonyl (C=O) groups is 2. The molecule has 30 heavy (non-hydrogen) atoms. The van der Waals surface area contributed by atoms with Crippen molar-refractivity contribution in [1.29, 1.82) is 0 Å². The van der Waals surface area contributed by atoms with Crippen molar-refractivity contribution < 1.29 is 18.7 Å². The Labute approximate surface area is 179 Å². The van der Waals surface area contributed by atoms with Gasteiger partial charge in [0.1, 0.15) is 16.9 Å². The number of ether oxygens (including phenoxy) is 1. The molecule has 2 heterocycles. The van der Waals surface area contributed by atoms with E-state index in [2.05, 4.69) is 5.32 Å². The zero-order valence-corrected chi connectivity index (χ0v) is 17.4. The van der Waals surface area contributed by atoms with Crippen LogP contribution in [0.4, 0.5) is 5.69 Å². The standard InChI is InChI=1S/C23H22N2O4S/c1-2-28-19-6-3-5-18(13-19)24-22(27)16-8-10-17(11-9-16)23-25(21(26)15-30-23)14-20-7-4-12-29-20/h3-13,23H,2,14-15H2,1H3,(H,24,27)/t23-/m1/s1. The zero-order chi connectivity index (χ0) is 20.9. The van der Waals surface area contributed by atoms with Crippen molar-refractivity contribution in [1.82, 2.24) is 4.90 Å². The van der Waals surface area contributed by atoms with Crippen LogP contribution in [0, 0.1) is 0 Å². The topological polar surface area (TPSA) is 71.8 Å². The summed E-state index contributed by atoms with van der Waals surface area (Å²) >= 11 is 1.58. The maximum Gasteiger partial charge on any atom is 0.255 e. The van der Waals surface area contributed by atoms with Gasteiger partial charge in [0.05, 0.1) is 25.2 Å². The molecule has 1 aliphatic rings. The zero-order valence-electron chi connectivity index (χ0n) is 16.5. The van der Waals surface area contributed by atoms with E-state index in [0.29, 0.717) is 35.9 Å². The third kappa shape index (κ3) is 4.52. The van der Waals surface area contributed by atoms with E-state index >= 15 is 0 Å². The first-order valence-electron chi connectivity index (χ1n) is 9.71. The number of nitrogens with one attached hydrogen (secondary N) is 1. The average molecular weight is 423 g/mol. The highest BCUT2D eigenvalue weighted by atomic mass is 32.2. The number of thioether (sulfide) groups is 1. The summed E-state index contributed by atoms with van der Waals surface area (Å²) in [5, 5.41) is 2.80. The SMILES string of the molecule is CCOc1cccc(NC(=O)c2ccc([C@H]3SCC(=O)N3Cc3ccco3)cc2)c1. The van der Waals surface area contributed by atoms with Crippen molar-refractivity contribution in [3.8, 4) is 5.75 Å². The van der Waals surface area contributed by atoms with E-state index in [1.54, 1.807) is 41.1 Å². The highest BCUT2D eigenvalue weighted by Gasteiger charge is 2.33. The second-order valence-corrected chi connectivity index (χ2v) is 7.87. The number of anilines is 1. The summed E-state index contributed by atoms with van der Waals surface area (Å²) in [6.45, 7) is 2.91. The van der Waals surface area contributed by atoms with E-state index in [1.165, 1.54) is 0 Å². The van der Waals surface area contributed by atoms with Crippen LogP contribution in [0.15, 0.2) is 71.3 Å². The van der Waals surface area contributed by atoms with Crippen LogP contribution in [0.2, 0.25) is 0 Å². The number of furan rings is 1. The molecule has 0 bridgehead atoms. The maximum absolute atomic E-state index is 12.6. The molecule has 154 valence electrons. The van der Waals surface area contributed by atoms with Crippen molar-refractivity contribution in [2.75, 3.05) is 17.7 Å². The van der Waals surface area contributed by atoms with Crippen LogP contribution in [0.5, 0.6) is 5.75 Å². The number of amides is 2. The van der Waals surface area contributed by atoms with Crippen LogP contribution in [0.1, 0.15) is 34.0 Å². The summed E-state index contributed by atoms with van der Waals surface area (Å²) in [7, 11) is 0. The molecule has 2 aromatic carbocycles. The van der Waals surface area contributed by atoms with Gasteiger partial charge in [0.2, 0.25) is 5.91 Å². The van der Waals surface area contributed by atoms with Gasteiger partial charge in [-0.05, 0) is 48.9 Å². The molecule has 0 spiro atoms. The van der Waals surface area contributed by atoms with E-state index in [-0.39, 0.29) is 17.2 Å². The third-order valence-corrected chi connectivity index (χ3v) is 5.99. The van der Waals surface area contributed by atoms with Crippen LogP contribution in [-0.4, -0.2) is 29.1 Å². The van der Waals surface area contributed by atoms with E-state index in [4.69, 9.17) is 9.15 Å². The van der Waals surface area contributed by atoms with Gasteiger partial charge in [-0.15, -0.1) is 11.8 Å². The molecule has 0 radical (unpaired) electrons. The second kappa shape index (κ2) is 9.09. The van der Waals surface area contributed by atoms with Gasteiger partial charge < -0.3 is 19.4 Å². The molecule has 1 saturated heterocycles. The van der Waals surface area contributed by atoms with Gasteiger partial charge in [0.15, 0.2) is 0 Å². The van der Waals surface area contributed by atoms with Gasteiger partial charge in [-0.3, -0.25) is 9.59 Å². The number of hydrogen-bond donors (Lipinski definition) is 1. The molecule has 4 rings (SSSR count). The van der Waals surface area contributed by atoms with Gasteiger partial charge in [0.25, 0.3) is 5.91 Å². The molecule has 1 atom stereocenters. The number of benzene rings is 2. The van der Waals surface area contributed by atoms with Crippen molar-refractivity contribution in [2.45, 2.75) is 18.8 Å². The lowest BCUT2D eigenvalue weighted by Crippen LogP contribution is -2.27. The third-order valence-electron chi connectivity index (χ3n) is 4.74. The number of nitrogens with zero attached hydrogens (tertiary/aromatic N) is 1. The Bertz CT molecular complexity index is 1020. The number of carbonyl (C=O) groups excluding carboxylic acids is 2. The number of hydrogen-bond acceptors (Lipinski definition) is 5. The largest absolute Gasteiger partial charge is 0.494 e. The fourth-order valence-electron chi connectivity index (χ4n) is 3.30. The lowest BCUT2D eigenvalue weighted by Gasteiger charge is -2.23. The Kier molecular flexibility index (Phi) is 6.09. The van der Waals surface area contributed by atoms with Crippen molar-refractivity contribution in [2.24, 2.45) is 0 Å². The van der Waals surface area contributed by atoms with Gasteiger partial charge in [-0.2, -0.15) is 0 Å². The lowest BCUT2D eigenvalue weighted by molar-refractivity contribution is -0.128. The summed E-state index contributed by atoms with van der Waals surface area (Å²) in [4.78, 5) is 26.7. The summed E-state index contributed by atoms with van der Waals surface area (Å²) in [6, 6.07) is 18.3. The van der Waals surface area contributed by atoms with Gasteiger partial charge >= 0.3 is 0 Å². The van der Waals surface area contributed by atoms with E-state index in [0.717, 1.165) is 11.3 Å². The molecule has 7 heteroatoms. The summed E-state index contributed by atoms with van der Waals surface area (Å²) in [6.07, 6.45) is 1.61. The summed E-state index contributed by atoms with van der Waals surface area (Å²) in [5.41, 5.74) is 2.20. The Morgan fingerprint density at radius 1 is 1.20 bits per heavy atom. The molecular weight excluding hydrogens is 400 g/mol. The molecule has 2 amide bonds. The number of rotatable bonds is 7. The fourth-order valence-corrected chi connectivity index (χ4v) is 4.49. The Morgan fingerprint density at radius 3 is 2.77 bits per heavy atom. The monoisotopic (exact) mass is 422 g/mol. The Hall–Kier alpha value is -3.19. The minimum atomic E-state index is -0.196. The van der Waals surface area contributed by atoms with Crippen LogP contribution in [-0.2, 0) is 11.3 Å². The van der Waals surface area contributed by atoms with E-state index in [1.807, 2.05) is 49.4 Å². The smallest absolute Gasteiger partial charge is 0.255 e. The predicted octanol–water partition coefficient (Wildman–Crippen LogP) is 4.70.